The van der Waals surface area contributed by atoms with Crippen LogP contribution in [0.15, 0.2) is 84.5 Å². The third-order valence-corrected chi connectivity index (χ3v) is 6.95. The molecule has 1 fully saturated rings. The zero-order chi connectivity index (χ0) is 17.1. The summed E-state index contributed by atoms with van der Waals surface area (Å²) in [6.07, 6.45) is 23.7. The summed E-state index contributed by atoms with van der Waals surface area (Å²) in [6.45, 7) is 0. The van der Waals surface area contributed by atoms with Crippen molar-refractivity contribution in [1.29, 1.82) is 0 Å². The van der Waals surface area contributed by atoms with Crippen molar-refractivity contribution in [3.8, 4) is 0 Å². The van der Waals surface area contributed by atoms with Gasteiger partial charge in [-0.2, -0.15) is 0 Å². The van der Waals surface area contributed by atoms with Crippen molar-refractivity contribution in [3.63, 3.8) is 0 Å². The van der Waals surface area contributed by atoms with Crippen molar-refractivity contribution in [2.75, 3.05) is 0 Å². The molecule has 3 aliphatic rings. The molecule has 3 aliphatic carbocycles. The fraction of sp³-hybridized carbons (Fsp3) is 0.292. The van der Waals surface area contributed by atoms with Gasteiger partial charge in [-0.05, 0) is 0 Å². The van der Waals surface area contributed by atoms with E-state index in [1.165, 1.54) is 31.2 Å². The van der Waals surface area contributed by atoms with Crippen LogP contribution in [0.5, 0.6) is 0 Å². The van der Waals surface area contributed by atoms with E-state index in [1.54, 1.807) is 38.6 Å². The molecule has 25 heavy (non-hydrogen) atoms. The van der Waals surface area contributed by atoms with Gasteiger partial charge in [-0.1, -0.05) is 0 Å². The quantitative estimate of drug-likeness (QED) is 0.593. The molecule has 4 rings (SSSR count). The average Bonchev–Trinajstić information content (AvgIpc) is 3.35. The van der Waals surface area contributed by atoms with Crippen molar-refractivity contribution in [2.45, 2.75) is 25.7 Å². The molecule has 0 aliphatic heterocycles. The Labute approximate surface area is 166 Å². The van der Waals surface area contributed by atoms with Crippen molar-refractivity contribution < 1.29 is 24.2 Å². The summed E-state index contributed by atoms with van der Waals surface area (Å²) in [5.74, 6) is 1.48. The van der Waals surface area contributed by atoms with Gasteiger partial charge in [0.1, 0.15) is 0 Å². The van der Waals surface area contributed by atoms with E-state index in [0.717, 1.165) is 0 Å². The molecule has 0 aromatic heterocycles. The van der Waals surface area contributed by atoms with E-state index in [1.807, 2.05) is 0 Å². The molecule has 0 nitrogen and oxygen atoms in total. The second-order valence-electron chi connectivity index (χ2n) is 7.16. The molecule has 122 valence electrons. The van der Waals surface area contributed by atoms with Gasteiger partial charge >= 0.3 is 167 Å². The standard InChI is InChI=1S/C24H24.Zr/c1-3-11-19(12-4-1)23(20-13-5-2-6-14-20)24(21-15-7-8-16-21)22-17-9-10-18-22;/h1,3-4,7-12,15-18,21-22,24H,2,5-6,13H2;/q;+2/b23-20-;. The number of rotatable bonds is 4. The zero-order valence-electron chi connectivity index (χ0n) is 14.6. The summed E-state index contributed by atoms with van der Waals surface area (Å²) in [5.41, 5.74) is 4.70. The maximum atomic E-state index is 2.39. The summed E-state index contributed by atoms with van der Waals surface area (Å²) in [5, 5.41) is 0. The van der Waals surface area contributed by atoms with Gasteiger partial charge in [0.05, 0.1) is 0 Å². The third kappa shape index (κ3) is 3.63. The van der Waals surface area contributed by atoms with Crippen LogP contribution in [0, 0.1) is 17.8 Å². The molecule has 0 heterocycles. The first-order valence-electron chi connectivity index (χ1n) is 9.41. The van der Waals surface area contributed by atoms with E-state index in [0.29, 0.717) is 17.8 Å². The van der Waals surface area contributed by atoms with E-state index >= 15 is 0 Å². The molecule has 0 spiro atoms. The second kappa shape index (κ2) is 7.92. The number of hydrogen-bond donors (Lipinski definition) is 0. The van der Waals surface area contributed by atoms with Crippen LogP contribution in [0.2, 0.25) is 0 Å². The first-order valence-corrected chi connectivity index (χ1v) is 10.6. The molecule has 0 bridgehead atoms. The normalized spacial score (nSPS) is 22.6. The van der Waals surface area contributed by atoms with Gasteiger partial charge in [-0.25, -0.2) is 0 Å². The Morgan fingerprint density at radius 2 is 1.36 bits per heavy atom. The summed E-state index contributed by atoms with van der Waals surface area (Å²) in [7, 11) is 0. The Kier molecular flexibility index (Phi) is 5.42. The van der Waals surface area contributed by atoms with Crippen LogP contribution in [0.1, 0.15) is 31.2 Å². The first kappa shape index (κ1) is 17.1. The van der Waals surface area contributed by atoms with Gasteiger partial charge in [0.25, 0.3) is 0 Å². The van der Waals surface area contributed by atoms with Crippen molar-refractivity contribution in [1.82, 2.24) is 0 Å². The molecule has 0 radical (unpaired) electrons. The summed E-state index contributed by atoms with van der Waals surface area (Å²) in [6, 6.07) is 11.2. The van der Waals surface area contributed by atoms with Crippen LogP contribution < -0.4 is 0 Å². The van der Waals surface area contributed by atoms with Crippen molar-refractivity contribution in [3.05, 3.63) is 90.1 Å². The molecule has 1 heteroatoms. The molecule has 0 unspecified atom stereocenters. The Morgan fingerprint density at radius 3 is 1.92 bits per heavy atom. The monoisotopic (exact) mass is 402 g/mol. The fourth-order valence-corrected chi connectivity index (χ4v) is 5.48. The van der Waals surface area contributed by atoms with Gasteiger partial charge in [-0.3, -0.25) is 0 Å². The van der Waals surface area contributed by atoms with Gasteiger partial charge in [0, 0.05) is 0 Å². The predicted octanol–water partition coefficient (Wildman–Crippen LogP) is 5.83. The number of benzene rings is 1. The minimum atomic E-state index is 0.491. The molecule has 1 saturated carbocycles. The third-order valence-electron chi connectivity index (χ3n) is 5.60. The van der Waals surface area contributed by atoms with Crippen LogP contribution in [0.4, 0.5) is 0 Å². The Hall–Kier alpha value is -1.33. The van der Waals surface area contributed by atoms with E-state index in [4.69, 9.17) is 0 Å². The second-order valence-corrected chi connectivity index (χ2v) is 8.65. The van der Waals surface area contributed by atoms with Crippen LogP contribution in [0.25, 0.3) is 5.57 Å². The molecule has 0 atom stereocenters. The molecule has 0 saturated heterocycles. The van der Waals surface area contributed by atoms with Gasteiger partial charge in [0.15, 0.2) is 0 Å². The summed E-state index contributed by atoms with van der Waals surface area (Å²) in [4.78, 5) is 0. The Morgan fingerprint density at radius 1 is 0.800 bits per heavy atom. The predicted molar refractivity (Wildman–Crippen MR) is 104 cm³/mol. The fourth-order valence-electron chi connectivity index (χ4n) is 4.41. The molecule has 1 aromatic carbocycles. The van der Waals surface area contributed by atoms with Crippen molar-refractivity contribution in [2.24, 2.45) is 17.8 Å². The van der Waals surface area contributed by atoms with Crippen molar-refractivity contribution >= 4 is 8.78 Å². The van der Waals surface area contributed by atoms with Crippen LogP contribution in [-0.4, -0.2) is 3.21 Å². The topological polar surface area (TPSA) is 0 Å². The van der Waals surface area contributed by atoms with E-state index in [-0.39, 0.29) is 0 Å². The molecular weight excluding hydrogens is 379 g/mol. The molecule has 0 amide bonds. The molecular formula is C24H24Zr+2. The number of hydrogen-bond acceptors (Lipinski definition) is 0. The molecule has 1 aromatic rings. The first-order chi connectivity index (χ1) is 12.3. The van der Waals surface area contributed by atoms with E-state index in [9.17, 15) is 0 Å². The van der Waals surface area contributed by atoms with Crippen LogP contribution in [-0.2, 0) is 24.2 Å². The summed E-state index contributed by atoms with van der Waals surface area (Å²) >= 11 is 1.60. The van der Waals surface area contributed by atoms with Crippen LogP contribution >= 0.6 is 0 Å². The van der Waals surface area contributed by atoms with E-state index < -0.39 is 0 Å². The van der Waals surface area contributed by atoms with Crippen LogP contribution in [0.3, 0.4) is 0 Å². The average molecular weight is 404 g/mol. The Balaban J connectivity index is 1.88. The minimum absolute atomic E-state index is 0.491. The SMILES string of the molecule is [Zr+2]=[C]1CCCC/C1=C(\c1ccccc1)C(C1C=CC=C1)C1C=CC=C1. The van der Waals surface area contributed by atoms with Gasteiger partial charge < -0.3 is 0 Å². The Bertz CT molecular complexity index is 737. The molecule has 0 N–H and O–H groups in total. The maximum absolute atomic E-state index is 2.39. The van der Waals surface area contributed by atoms with Gasteiger partial charge in [0.2, 0.25) is 0 Å². The summed E-state index contributed by atoms with van der Waals surface area (Å²) < 4.78 is 1.69. The van der Waals surface area contributed by atoms with E-state index in [2.05, 4.69) is 78.9 Å². The van der Waals surface area contributed by atoms with Gasteiger partial charge in [-0.15, -0.1) is 0 Å². The zero-order valence-corrected chi connectivity index (χ0v) is 17.0. The number of allylic oxidation sites excluding steroid dienone is 10.